The van der Waals surface area contributed by atoms with E-state index in [9.17, 15) is 20.1 Å². The van der Waals surface area contributed by atoms with Crippen LogP contribution >= 0.6 is 0 Å². The van der Waals surface area contributed by atoms with E-state index in [1.165, 1.54) is 12.2 Å². The molecule has 0 aliphatic heterocycles. The van der Waals surface area contributed by atoms with E-state index in [-0.39, 0.29) is 24.2 Å². The van der Waals surface area contributed by atoms with Crippen LogP contribution in [0.1, 0.15) is 12.0 Å². The lowest BCUT2D eigenvalue weighted by Gasteiger charge is -2.27. The number of carbonyl (C=O) groups is 2. The van der Waals surface area contributed by atoms with Gasteiger partial charge in [-0.05, 0) is 5.56 Å². The van der Waals surface area contributed by atoms with Crippen LogP contribution in [0.4, 0.5) is 0 Å². The third-order valence-corrected chi connectivity index (χ3v) is 4.05. The molecule has 1 aromatic carbocycles. The summed E-state index contributed by atoms with van der Waals surface area (Å²) in [5.41, 5.74) is -1.74. The van der Waals surface area contributed by atoms with Crippen molar-refractivity contribution in [2.24, 2.45) is 5.41 Å². The summed E-state index contributed by atoms with van der Waals surface area (Å²) in [4.78, 5) is 25.3. The molecule has 0 aromatic heterocycles. The third kappa shape index (κ3) is 5.19. The highest BCUT2D eigenvalue weighted by Gasteiger charge is 2.43. The minimum Gasteiger partial charge on any atom is -0.467 e. The largest absolute Gasteiger partial charge is 0.467 e. The van der Waals surface area contributed by atoms with Gasteiger partial charge in [-0.3, -0.25) is 0 Å². The van der Waals surface area contributed by atoms with Crippen molar-refractivity contribution < 1.29 is 23.8 Å². The highest BCUT2D eigenvalue weighted by atomic mass is 16.6. The van der Waals surface area contributed by atoms with Gasteiger partial charge in [0.05, 0.1) is 38.5 Å². The van der Waals surface area contributed by atoms with Crippen molar-refractivity contribution in [2.75, 3.05) is 20.8 Å². The first kappa shape index (κ1) is 23.4. The smallest absolute Gasteiger partial charge is 0.339 e. The van der Waals surface area contributed by atoms with E-state index in [1.807, 2.05) is 12.1 Å². The standard InChI is InChI=1S/C22H22N2O5/c1-5-12-22(14-23,15-24)18(16-10-8-7-9-11-16)17(20(25)27-3)19(21(26)28-4)29-13-6-2/h5-11,19H,1-2,12-13H2,3-4H3/b18-17-. The molecule has 0 fully saturated rings. The maximum Gasteiger partial charge on any atom is 0.339 e. The van der Waals surface area contributed by atoms with Gasteiger partial charge in [0, 0.05) is 12.0 Å². The van der Waals surface area contributed by atoms with Crippen molar-refractivity contribution in [2.45, 2.75) is 12.5 Å². The van der Waals surface area contributed by atoms with Gasteiger partial charge in [-0.25, -0.2) is 9.59 Å². The zero-order chi connectivity index (χ0) is 21.9. The lowest BCUT2D eigenvalue weighted by Crippen LogP contribution is -2.35. The Kier molecular flexibility index (Phi) is 9.04. The molecule has 0 bridgehead atoms. The van der Waals surface area contributed by atoms with Gasteiger partial charge >= 0.3 is 11.9 Å². The molecule has 1 atom stereocenters. The molecule has 0 radical (unpaired) electrons. The monoisotopic (exact) mass is 394 g/mol. The number of allylic oxidation sites excluding steroid dienone is 2. The Balaban J connectivity index is 4.08. The fourth-order valence-corrected chi connectivity index (χ4v) is 2.77. The zero-order valence-corrected chi connectivity index (χ0v) is 16.4. The summed E-state index contributed by atoms with van der Waals surface area (Å²) >= 11 is 0. The molecule has 29 heavy (non-hydrogen) atoms. The Morgan fingerprint density at radius 3 is 2.17 bits per heavy atom. The molecule has 7 nitrogen and oxygen atoms in total. The van der Waals surface area contributed by atoms with E-state index in [0.29, 0.717) is 5.56 Å². The average Bonchev–Trinajstić information content (AvgIpc) is 2.77. The molecule has 1 aromatic rings. The van der Waals surface area contributed by atoms with Crippen LogP contribution in [-0.2, 0) is 23.8 Å². The number of benzene rings is 1. The Hall–Kier alpha value is -3.68. The molecule has 1 unspecified atom stereocenters. The van der Waals surface area contributed by atoms with E-state index in [0.717, 1.165) is 14.2 Å². The molecule has 0 N–H and O–H groups in total. The van der Waals surface area contributed by atoms with E-state index in [4.69, 9.17) is 14.2 Å². The summed E-state index contributed by atoms with van der Waals surface area (Å²) in [6, 6.07) is 12.3. The number of nitrogens with zero attached hydrogens (tertiary/aromatic N) is 2. The fourth-order valence-electron chi connectivity index (χ4n) is 2.77. The predicted octanol–water partition coefficient (Wildman–Crippen LogP) is 2.97. The molecule has 0 aliphatic rings. The minimum atomic E-state index is -1.82. The highest BCUT2D eigenvalue weighted by Crippen LogP contribution is 2.42. The molecule has 0 spiro atoms. The van der Waals surface area contributed by atoms with Crippen LogP contribution < -0.4 is 0 Å². The van der Waals surface area contributed by atoms with Crippen LogP contribution in [0.15, 0.2) is 61.2 Å². The van der Waals surface area contributed by atoms with Crippen LogP contribution in [0.2, 0.25) is 0 Å². The molecular formula is C22H22N2O5. The van der Waals surface area contributed by atoms with Crippen LogP contribution in [0.5, 0.6) is 0 Å². The van der Waals surface area contributed by atoms with Crippen molar-refractivity contribution in [1.29, 1.82) is 10.5 Å². The lowest BCUT2D eigenvalue weighted by atomic mass is 9.73. The Morgan fingerprint density at radius 1 is 1.10 bits per heavy atom. The van der Waals surface area contributed by atoms with Crippen molar-refractivity contribution in [3.8, 4) is 12.1 Å². The van der Waals surface area contributed by atoms with Crippen LogP contribution in [0, 0.1) is 28.1 Å². The second kappa shape index (κ2) is 11.2. The number of hydrogen-bond donors (Lipinski definition) is 0. The fraction of sp³-hybridized carbons (Fsp3) is 0.273. The van der Waals surface area contributed by atoms with E-state index in [2.05, 4.69) is 13.2 Å². The van der Waals surface area contributed by atoms with Gasteiger partial charge in [-0.1, -0.05) is 42.5 Å². The van der Waals surface area contributed by atoms with Crippen molar-refractivity contribution in [3.63, 3.8) is 0 Å². The first-order valence-corrected chi connectivity index (χ1v) is 8.58. The average molecular weight is 394 g/mol. The highest BCUT2D eigenvalue weighted by molar-refractivity contribution is 6.06. The van der Waals surface area contributed by atoms with Gasteiger partial charge in [-0.15, -0.1) is 13.2 Å². The maximum atomic E-state index is 12.8. The second-order valence-electron chi connectivity index (χ2n) is 5.79. The Bertz CT molecular complexity index is 861. The van der Waals surface area contributed by atoms with Gasteiger partial charge in [0.1, 0.15) is 0 Å². The van der Waals surface area contributed by atoms with Gasteiger partial charge in [0.2, 0.25) is 0 Å². The number of methoxy groups -OCH3 is 2. The van der Waals surface area contributed by atoms with E-state index >= 15 is 0 Å². The lowest BCUT2D eigenvalue weighted by molar-refractivity contribution is -0.154. The number of ether oxygens (including phenoxy) is 3. The normalized spacial score (nSPS) is 12.4. The summed E-state index contributed by atoms with van der Waals surface area (Å²) in [6.07, 6.45) is 1.15. The summed E-state index contributed by atoms with van der Waals surface area (Å²) in [7, 11) is 2.26. The number of rotatable bonds is 10. The molecule has 0 heterocycles. The SMILES string of the molecule is C=CCOC(C(=O)OC)/C(C(=O)OC)=C(\c1ccccc1)C(C#N)(C#N)CC=C. The van der Waals surface area contributed by atoms with Gasteiger partial charge in [-0.2, -0.15) is 10.5 Å². The topological polar surface area (TPSA) is 109 Å². The van der Waals surface area contributed by atoms with Gasteiger partial charge in [0.25, 0.3) is 0 Å². The quantitative estimate of drug-likeness (QED) is 0.341. The number of nitriles is 2. The van der Waals surface area contributed by atoms with Crippen LogP contribution in [0.25, 0.3) is 5.57 Å². The van der Waals surface area contributed by atoms with Crippen molar-refractivity contribution in [3.05, 3.63) is 66.8 Å². The van der Waals surface area contributed by atoms with Gasteiger partial charge in [0.15, 0.2) is 11.5 Å². The second-order valence-corrected chi connectivity index (χ2v) is 5.79. The molecule has 0 saturated heterocycles. The number of esters is 2. The first-order valence-electron chi connectivity index (χ1n) is 8.58. The maximum absolute atomic E-state index is 12.8. The number of carbonyl (C=O) groups excluding carboxylic acids is 2. The van der Waals surface area contributed by atoms with Crippen LogP contribution in [-0.4, -0.2) is 38.9 Å². The molecule has 0 saturated carbocycles. The molecular weight excluding hydrogens is 372 g/mol. The number of hydrogen-bond acceptors (Lipinski definition) is 7. The van der Waals surface area contributed by atoms with E-state index in [1.54, 1.807) is 30.3 Å². The zero-order valence-electron chi connectivity index (χ0n) is 16.4. The molecule has 7 heteroatoms. The minimum absolute atomic E-state index is 0.00527. The third-order valence-electron chi connectivity index (χ3n) is 4.05. The predicted molar refractivity (Wildman–Crippen MR) is 106 cm³/mol. The van der Waals surface area contributed by atoms with E-state index < -0.39 is 23.5 Å². The van der Waals surface area contributed by atoms with Crippen LogP contribution in [0.3, 0.4) is 0 Å². The summed E-state index contributed by atoms with van der Waals surface area (Å²) in [6.45, 7) is 7.05. The summed E-state index contributed by atoms with van der Waals surface area (Å²) in [5.74, 6) is -1.81. The first-order chi connectivity index (χ1) is 14.0. The van der Waals surface area contributed by atoms with Crippen molar-refractivity contribution >= 4 is 17.5 Å². The molecule has 0 aliphatic carbocycles. The van der Waals surface area contributed by atoms with Gasteiger partial charge < -0.3 is 14.2 Å². The van der Waals surface area contributed by atoms with Crippen molar-refractivity contribution in [1.82, 2.24) is 0 Å². The Labute approximate surface area is 170 Å². The summed E-state index contributed by atoms with van der Waals surface area (Å²) < 4.78 is 15.2. The summed E-state index contributed by atoms with van der Waals surface area (Å²) in [5, 5.41) is 19.8. The molecule has 1 rings (SSSR count). The molecule has 0 amide bonds. The molecule has 150 valence electrons. The Morgan fingerprint density at radius 2 is 1.72 bits per heavy atom.